The van der Waals surface area contributed by atoms with Crippen LogP contribution in [-0.2, 0) is 0 Å². The van der Waals surface area contributed by atoms with Crippen molar-refractivity contribution in [1.82, 2.24) is 4.98 Å². The lowest BCUT2D eigenvalue weighted by Gasteiger charge is -2.07. The Morgan fingerprint density at radius 1 is 1.00 bits per heavy atom. The third-order valence-corrected chi connectivity index (χ3v) is 4.22. The maximum Gasteiger partial charge on any atom is 0.261 e. The zero-order valence-corrected chi connectivity index (χ0v) is 14.1. The number of amides is 1. The van der Waals surface area contributed by atoms with E-state index in [1.807, 2.05) is 35.7 Å². The number of anilines is 1. The van der Waals surface area contributed by atoms with Crippen LogP contribution in [0, 0.1) is 0 Å². The molecule has 0 fully saturated rings. The van der Waals surface area contributed by atoms with E-state index < -0.39 is 0 Å². The second-order valence-corrected chi connectivity index (χ2v) is 5.75. The number of nitrogens with zero attached hydrogens (tertiary/aromatic N) is 1. The number of thiazole rings is 1. The Labute approximate surface area is 143 Å². The summed E-state index contributed by atoms with van der Waals surface area (Å²) in [7, 11) is 3.16. The number of para-hydroxylation sites is 2. The summed E-state index contributed by atoms with van der Waals surface area (Å²) in [6.07, 6.45) is 0. The second-order valence-electron chi connectivity index (χ2n) is 4.89. The smallest absolute Gasteiger partial charge is 0.261 e. The summed E-state index contributed by atoms with van der Waals surface area (Å²) in [5.41, 5.74) is 2.11. The SMILES string of the molecule is COc1ccccc1C(=O)Nc1nc(-c2ccccc2OC)cs1. The van der Waals surface area contributed by atoms with Crippen LogP contribution in [0.1, 0.15) is 10.4 Å². The lowest BCUT2D eigenvalue weighted by molar-refractivity contribution is 0.102. The van der Waals surface area contributed by atoms with Crippen molar-refractivity contribution in [2.45, 2.75) is 0 Å². The van der Waals surface area contributed by atoms with Crippen molar-refractivity contribution in [3.8, 4) is 22.8 Å². The van der Waals surface area contributed by atoms with Gasteiger partial charge in [-0.3, -0.25) is 10.1 Å². The molecule has 0 radical (unpaired) electrons. The van der Waals surface area contributed by atoms with Crippen LogP contribution in [0.4, 0.5) is 5.13 Å². The van der Waals surface area contributed by atoms with Crippen molar-refractivity contribution in [3.63, 3.8) is 0 Å². The predicted octanol–water partition coefficient (Wildman–Crippen LogP) is 4.08. The molecule has 2 aromatic carbocycles. The lowest BCUT2D eigenvalue weighted by Crippen LogP contribution is -2.12. The van der Waals surface area contributed by atoms with E-state index >= 15 is 0 Å². The van der Waals surface area contributed by atoms with E-state index in [1.165, 1.54) is 18.4 Å². The molecule has 0 saturated heterocycles. The van der Waals surface area contributed by atoms with E-state index in [1.54, 1.807) is 25.3 Å². The Kier molecular flexibility index (Phi) is 4.77. The number of benzene rings is 2. The molecule has 1 N–H and O–H groups in total. The van der Waals surface area contributed by atoms with Crippen LogP contribution < -0.4 is 14.8 Å². The van der Waals surface area contributed by atoms with Gasteiger partial charge in [0.2, 0.25) is 0 Å². The Morgan fingerprint density at radius 3 is 2.42 bits per heavy atom. The zero-order valence-electron chi connectivity index (χ0n) is 13.3. The van der Waals surface area contributed by atoms with Crippen LogP contribution >= 0.6 is 11.3 Å². The van der Waals surface area contributed by atoms with Gasteiger partial charge in [-0.1, -0.05) is 24.3 Å². The van der Waals surface area contributed by atoms with Crippen molar-refractivity contribution in [3.05, 3.63) is 59.5 Å². The van der Waals surface area contributed by atoms with Gasteiger partial charge in [0.05, 0.1) is 25.5 Å². The van der Waals surface area contributed by atoms with Gasteiger partial charge in [-0.05, 0) is 24.3 Å². The van der Waals surface area contributed by atoms with Gasteiger partial charge in [0, 0.05) is 10.9 Å². The van der Waals surface area contributed by atoms with Crippen LogP contribution in [0.15, 0.2) is 53.9 Å². The second kappa shape index (κ2) is 7.14. The molecular weight excluding hydrogens is 324 g/mol. The molecule has 6 heteroatoms. The van der Waals surface area contributed by atoms with Crippen LogP contribution in [0.5, 0.6) is 11.5 Å². The minimum atomic E-state index is -0.256. The maximum atomic E-state index is 12.4. The van der Waals surface area contributed by atoms with Crippen LogP contribution in [-0.4, -0.2) is 25.1 Å². The monoisotopic (exact) mass is 340 g/mol. The average Bonchev–Trinajstić information content (AvgIpc) is 3.09. The van der Waals surface area contributed by atoms with Crippen LogP contribution in [0.25, 0.3) is 11.3 Å². The summed E-state index contributed by atoms with van der Waals surface area (Å²) in [4.78, 5) is 16.9. The van der Waals surface area contributed by atoms with Crippen molar-refractivity contribution in [2.24, 2.45) is 0 Å². The molecule has 0 unspecified atom stereocenters. The zero-order chi connectivity index (χ0) is 16.9. The largest absolute Gasteiger partial charge is 0.496 e. The third-order valence-electron chi connectivity index (χ3n) is 3.46. The molecule has 24 heavy (non-hydrogen) atoms. The van der Waals surface area contributed by atoms with E-state index in [4.69, 9.17) is 9.47 Å². The first kappa shape index (κ1) is 16.0. The first-order valence-electron chi connectivity index (χ1n) is 7.26. The van der Waals surface area contributed by atoms with Crippen molar-refractivity contribution in [2.75, 3.05) is 19.5 Å². The first-order valence-corrected chi connectivity index (χ1v) is 8.14. The summed E-state index contributed by atoms with van der Waals surface area (Å²) in [5.74, 6) is 1.01. The number of ether oxygens (including phenoxy) is 2. The standard InChI is InChI=1S/C18H16N2O3S/c1-22-15-9-5-3-7-12(15)14-11-24-18(19-14)20-17(21)13-8-4-6-10-16(13)23-2/h3-11H,1-2H3,(H,19,20,21). The minimum absolute atomic E-state index is 0.256. The normalized spacial score (nSPS) is 10.2. The molecule has 1 amide bonds. The fourth-order valence-electron chi connectivity index (χ4n) is 2.31. The Hall–Kier alpha value is -2.86. The maximum absolute atomic E-state index is 12.4. The van der Waals surface area contributed by atoms with E-state index in [-0.39, 0.29) is 5.91 Å². The average molecular weight is 340 g/mol. The first-order chi connectivity index (χ1) is 11.7. The highest BCUT2D eigenvalue weighted by Gasteiger charge is 2.15. The van der Waals surface area contributed by atoms with Gasteiger partial charge in [-0.25, -0.2) is 4.98 Å². The number of carbonyl (C=O) groups is 1. The number of hydrogen-bond acceptors (Lipinski definition) is 5. The highest BCUT2D eigenvalue weighted by molar-refractivity contribution is 7.14. The van der Waals surface area contributed by atoms with Crippen molar-refractivity contribution >= 4 is 22.4 Å². The van der Waals surface area contributed by atoms with Crippen LogP contribution in [0.2, 0.25) is 0 Å². The number of carbonyl (C=O) groups excluding carboxylic acids is 1. The molecule has 0 saturated carbocycles. The summed E-state index contributed by atoms with van der Waals surface area (Å²) >= 11 is 1.36. The summed E-state index contributed by atoms with van der Waals surface area (Å²) < 4.78 is 10.6. The number of nitrogens with one attached hydrogen (secondary N) is 1. The summed E-state index contributed by atoms with van der Waals surface area (Å²) in [6, 6.07) is 14.7. The Balaban J connectivity index is 1.83. The van der Waals surface area contributed by atoms with Crippen LogP contribution in [0.3, 0.4) is 0 Å². The van der Waals surface area contributed by atoms with Gasteiger partial charge in [-0.15, -0.1) is 11.3 Å². The number of hydrogen-bond donors (Lipinski definition) is 1. The molecule has 0 bridgehead atoms. The van der Waals surface area contributed by atoms with Crippen molar-refractivity contribution < 1.29 is 14.3 Å². The Bertz CT molecular complexity index is 861. The molecule has 1 aromatic heterocycles. The topological polar surface area (TPSA) is 60.5 Å². The van der Waals surface area contributed by atoms with Gasteiger partial charge in [-0.2, -0.15) is 0 Å². The van der Waals surface area contributed by atoms with Crippen molar-refractivity contribution in [1.29, 1.82) is 0 Å². The summed E-state index contributed by atoms with van der Waals surface area (Å²) in [5, 5.41) is 5.21. The molecule has 5 nitrogen and oxygen atoms in total. The minimum Gasteiger partial charge on any atom is -0.496 e. The fourth-order valence-corrected chi connectivity index (χ4v) is 3.01. The van der Waals surface area contributed by atoms with Gasteiger partial charge in [0.15, 0.2) is 5.13 Å². The lowest BCUT2D eigenvalue weighted by atomic mass is 10.1. The van der Waals surface area contributed by atoms with Gasteiger partial charge < -0.3 is 9.47 Å². The van der Waals surface area contributed by atoms with Gasteiger partial charge in [0.1, 0.15) is 11.5 Å². The summed E-state index contributed by atoms with van der Waals surface area (Å²) in [6.45, 7) is 0. The fraction of sp³-hybridized carbons (Fsp3) is 0.111. The molecule has 3 rings (SSSR count). The molecule has 122 valence electrons. The highest BCUT2D eigenvalue weighted by Crippen LogP contribution is 2.32. The molecule has 0 spiro atoms. The quantitative estimate of drug-likeness (QED) is 0.760. The molecule has 0 aliphatic heterocycles. The molecule has 0 aliphatic carbocycles. The van der Waals surface area contributed by atoms with Gasteiger partial charge in [0.25, 0.3) is 5.91 Å². The van der Waals surface area contributed by atoms with E-state index in [0.29, 0.717) is 16.4 Å². The molecular formula is C18H16N2O3S. The number of rotatable bonds is 5. The van der Waals surface area contributed by atoms with Gasteiger partial charge >= 0.3 is 0 Å². The third kappa shape index (κ3) is 3.23. The highest BCUT2D eigenvalue weighted by atomic mass is 32.1. The van der Waals surface area contributed by atoms with E-state index in [0.717, 1.165) is 17.0 Å². The molecule has 0 aliphatic rings. The van der Waals surface area contributed by atoms with E-state index in [9.17, 15) is 4.79 Å². The molecule has 1 heterocycles. The predicted molar refractivity (Wildman–Crippen MR) is 95.0 cm³/mol. The Morgan fingerprint density at radius 2 is 1.67 bits per heavy atom. The van der Waals surface area contributed by atoms with E-state index in [2.05, 4.69) is 10.3 Å². The molecule has 3 aromatic rings. The number of methoxy groups -OCH3 is 2. The molecule has 0 atom stereocenters. The number of aromatic nitrogens is 1.